The van der Waals surface area contributed by atoms with E-state index in [0.29, 0.717) is 18.5 Å². The molecule has 0 aliphatic carbocycles. The van der Waals surface area contributed by atoms with E-state index >= 15 is 0 Å². The van der Waals surface area contributed by atoms with Gasteiger partial charge in [0.25, 0.3) is 0 Å². The molecule has 0 aliphatic rings. The molecular weight excluding hydrogens is 154 g/mol. The second-order valence-corrected chi connectivity index (χ2v) is 2.66. The van der Waals surface area contributed by atoms with Crippen LogP contribution >= 0.6 is 0 Å². The summed E-state index contributed by atoms with van der Waals surface area (Å²) in [6.07, 6.45) is 3.23. The highest BCUT2D eigenvalue weighted by atomic mass is 16.2. The molecule has 0 aliphatic heterocycles. The van der Waals surface area contributed by atoms with Crippen molar-refractivity contribution in [2.45, 2.75) is 26.7 Å². The summed E-state index contributed by atoms with van der Waals surface area (Å²) in [6.45, 7) is 4.56. The maximum atomic E-state index is 11.1. The van der Waals surface area contributed by atoms with Gasteiger partial charge in [0.05, 0.1) is 0 Å². The van der Waals surface area contributed by atoms with Crippen molar-refractivity contribution in [2.24, 2.45) is 0 Å². The standard InChI is InChI=1S/C9H17NO2/c1-3-6-10-9(12)8(2)5-4-7-11/h5,11H,3-4,6-7H2,1-2H3,(H,10,12). The molecular formula is C9H17NO2. The largest absolute Gasteiger partial charge is 0.396 e. The summed E-state index contributed by atoms with van der Waals surface area (Å²) >= 11 is 0. The third-order valence-corrected chi connectivity index (χ3v) is 1.47. The fourth-order valence-corrected chi connectivity index (χ4v) is 0.752. The summed E-state index contributed by atoms with van der Waals surface area (Å²) in [5, 5.41) is 11.2. The molecule has 12 heavy (non-hydrogen) atoms. The number of aliphatic hydroxyl groups is 1. The Morgan fingerprint density at radius 2 is 2.25 bits per heavy atom. The predicted molar refractivity (Wildman–Crippen MR) is 48.8 cm³/mol. The van der Waals surface area contributed by atoms with Crippen LogP contribution in [0.4, 0.5) is 0 Å². The Balaban J connectivity index is 3.75. The highest BCUT2D eigenvalue weighted by molar-refractivity contribution is 5.92. The number of carbonyl (C=O) groups excluding carboxylic acids is 1. The van der Waals surface area contributed by atoms with E-state index in [1.54, 1.807) is 13.0 Å². The summed E-state index contributed by atoms with van der Waals surface area (Å²) in [7, 11) is 0. The zero-order chi connectivity index (χ0) is 9.40. The van der Waals surface area contributed by atoms with E-state index in [1.807, 2.05) is 6.92 Å². The van der Waals surface area contributed by atoms with E-state index in [0.717, 1.165) is 6.42 Å². The Morgan fingerprint density at radius 1 is 1.58 bits per heavy atom. The van der Waals surface area contributed by atoms with Crippen molar-refractivity contribution in [2.75, 3.05) is 13.2 Å². The van der Waals surface area contributed by atoms with Gasteiger partial charge < -0.3 is 10.4 Å². The molecule has 0 aromatic heterocycles. The molecule has 2 N–H and O–H groups in total. The minimum atomic E-state index is -0.0368. The van der Waals surface area contributed by atoms with Crippen molar-refractivity contribution in [1.29, 1.82) is 0 Å². The van der Waals surface area contributed by atoms with E-state index in [2.05, 4.69) is 5.32 Å². The number of amides is 1. The maximum Gasteiger partial charge on any atom is 0.246 e. The molecule has 0 aromatic rings. The molecule has 0 fully saturated rings. The summed E-state index contributed by atoms with van der Waals surface area (Å²) in [5.74, 6) is -0.0368. The van der Waals surface area contributed by atoms with Crippen LogP contribution in [0, 0.1) is 0 Å². The Kier molecular flexibility index (Phi) is 6.38. The number of aliphatic hydroxyl groups excluding tert-OH is 1. The lowest BCUT2D eigenvalue weighted by Crippen LogP contribution is -2.24. The molecule has 0 unspecified atom stereocenters. The van der Waals surface area contributed by atoms with Gasteiger partial charge >= 0.3 is 0 Å². The minimum Gasteiger partial charge on any atom is -0.396 e. The van der Waals surface area contributed by atoms with Crippen molar-refractivity contribution >= 4 is 5.91 Å². The third-order valence-electron chi connectivity index (χ3n) is 1.47. The quantitative estimate of drug-likeness (QED) is 0.602. The molecule has 0 radical (unpaired) electrons. The van der Waals surface area contributed by atoms with Gasteiger partial charge in [-0.1, -0.05) is 13.0 Å². The summed E-state index contributed by atoms with van der Waals surface area (Å²) < 4.78 is 0. The van der Waals surface area contributed by atoms with Gasteiger partial charge in [-0.2, -0.15) is 0 Å². The molecule has 70 valence electrons. The first-order valence-corrected chi connectivity index (χ1v) is 4.28. The third kappa shape index (κ3) is 4.91. The van der Waals surface area contributed by atoms with Crippen LogP contribution in [0.15, 0.2) is 11.6 Å². The first kappa shape index (κ1) is 11.2. The molecule has 0 saturated carbocycles. The summed E-state index contributed by atoms with van der Waals surface area (Å²) in [6, 6.07) is 0. The van der Waals surface area contributed by atoms with Gasteiger partial charge in [0.2, 0.25) is 5.91 Å². The minimum absolute atomic E-state index is 0.0368. The van der Waals surface area contributed by atoms with Gasteiger partial charge in [-0.15, -0.1) is 0 Å². The summed E-state index contributed by atoms with van der Waals surface area (Å²) in [5.41, 5.74) is 0.678. The average Bonchev–Trinajstić information content (AvgIpc) is 2.10. The van der Waals surface area contributed by atoms with Gasteiger partial charge in [-0.05, 0) is 19.8 Å². The molecule has 0 saturated heterocycles. The predicted octanol–water partition coefficient (Wildman–Crippen LogP) is 0.841. The van der Waals surface area contributed by atoms with E-state index in [9.17, 15) is 4.79 Å². The first-order valence-electron chi connectivity index (χ1n) is 4.28. The SMILES string of the molecule is CCCNC(=O)C(C)=CCCO. The highest BCUT2D eigenvalue weighted by Gasteiger charge is 2.00. The lowest BCUT2D eigenvalue weighted by atomic mass is 10.2. The van der Waals surface area contributed by atoms with Crippen molar-refractivity contribution in [1.82, 2.24) is 5.32 Å². The van der Waals surface area contributed by atoms with Crippen LogP contribution in [-0.4, -0.2) is 24.2 Å². The lowest BCUT2D eigenvalue weighted by molar-refractivity contribution is -0.117. The van der Waals surface area contributed by atoms with E-state index in [-0.39, 0.29) is 12.5 Å². The zero-order valence-corrected chi connectivity index (χ0v) is 7.76. The molecule has 1 amide bonds. The second kappa shape index (κ2) is 6.85. The average molecular weight is 171 g/mol. The number of rotatable bonds is 5. The van der Waals surface area contributed by atoms with Gasteiger partial charge in [-0.25, -0.2) is 0 Å². The Morgan fingerprint density at radius 3 is 2.75 bits per heavy atom. The molecule has 0 rings (SSSR count). The van der Waals surface area contributed by atoms with Crippen molar-refractivity contribution < 1.29 is 9.90 Å². The zero-order valence-electron chi connectivity index (χ0n) is 7.76. The molecule has 0 spiro atoms. The molecule has 0 bridgehead atoms. The van der Waals surface area contributed by atoms with Crippen molar-refractivity contribution in [3.8, 4) is 0 Å². The van der Waals surface area contributed by atoms with Crippen LogP contribution in [0.1, 0.15) is 26.7 Å². The lowest BCUT2D eigenvalue weighted by Gasteiger charge is -2.02. The van der Waals surface area contributed by atoms with Crippen LogP contribution in [0.2, 0.25) is 0 Å². The van der Waals surface area contributed by atoms with Gasteiger partial charge in [0, 0.05) is 18.7 Å². The second-order valence-electron chi connectivity index (χ2n) is 2.66. The fraction of sp³-hybridized carbons (Fsp3) is 0.667. The number of hydrogen-bond acceptors (Lipinski definition) is 2. The van der Waals surface area contributed by atoms with Crippen LogP contribution in [0.3, 0.4) is 0 Å². The van der Waals surface area contributed by atoms with Gasteiger partial charge in [0.15, 0.2) is 0 Å². The molecule has 3 nitrogen and oxygen atoms in total. The van der Waals surface area contributed by atoms with Crippen LogP contribution in [-0.2, 0) is 4.79 Å². The Labute approximate surface area is 73.5 Å². The molecule has 0 heterocycles. The van der Waals surface area contributed by atoms with E-state index in [4.69, 9.17) is 5.11 Å². The smallest absolute Gasteiger partial charge is 0.246 e. The maximum absolute atomic E-state index is 11.1. The van der Waals surface area contributed by atoms with Gasteiger partial charge in [0.1, 0.15) is 0 Å². The van der Waals surface area contributed by atoms with Crippen LogP contribution < -0.4 is 5.32 Å². The number of carbonyl (C=O) groups is 1. The monoisotopic (exact) mass is 171 g/mol. The van der Waals surface area contributed by atoms with Crippen molar-refractivity contribution in [3.63, 3.8) is 0 Å². The van der Waals surface area contributed by atoms with Gasteiger partial charge in [-0.3, -0.25) is 4.79 Å². The van der Waals surface area contributed by atoms with Crippen molar-refractivity contribution in [3.05, 3.63) is 11.6 Å². The van der Waals surface area contributed by atoms with Crippen LogP contribution in [0.25, 0.3) is 0 Å². The summed E-state index contributed by atoms with van der Waals surface area (Å²) in [4.78, 5) is 11.1. The van der Waals surface area contributed by atoms with E-state index < -0.39 is 0 Å². The number of nitrogens with one attached hydrogen (secondary N) is 1. The Hall–Kier alpha value is -0.830. The van der Waals surface area contributed by atoms with Crippen LogP contribution in [0.5, 0.6) is 0 Å². The molecule has 0 atom stereocenters. The first-order chi connectivity index (χ1) is 5.72. The number of hydrogen-bond donors (Lipinski definition) is 2. The Bertz CT molecular complexity index is 164. The molecule has 0 aromatic carbocycles. The topological polar surface area (TPSA) is 49.3 Å². The molecule has 3 heteroatoms. The normalized spacial score (nSPS) is 11.4. The van der Waals surface area contributed by atoms with E-state index in [1.165, 1.54) is 0 Å². The highest BCUT2D eigenvalue weighted by Crippen LogP contribution is 1.94. The fourth-order valence-electron chi connectivity index (χ4n) is 0.752.